The molecule has 25 heavy (non-hydrogen) atoms. The van der Waals surface area contributed by atoms with E-state index in [0.717, 1.165) is 12.1 Å². The summed E-state index contributed by atoms with van der Waals surface area (Å²) in [5.41, 5.74) is 0.819. The molecule has 1 amide bonds. The van der Waals surface area contributed by atoms with Crippen molar-refractivity contribution in [1.82, 2.24) is 15.1 Å². The van der Waals surface area contributed by atoms with E-state index in [1.54, 1.807) is 6.92 Å². The molecule has 0 bridgehead atoms. The quantitative estimate of drug-likeness (QED) is 0.851. The van der Waals surface area contributed by atoms with E-state index in [2.05, 4.69) is 10.4 Å². The molecule has 1 heterocycles. The summed E-state index contributed by atoms with van der Waals surface area (Å²) in [6.07, 6.45) is 1.99. The molecular weight excluding hydrogens is 352 g/mol. The highest BCUT2D eigenvalue weighted by molar-refractivity contribution is 6.31. The van der Waals surface area contributed by atoms with Crippen molar-refractivity contribution in [2.24, 2.45) is 5.92 Å². The lowest BCUT2D eigenvalue weighted by atomic mass is 9.75. The smallest absolute Gasteiger partial charge is 0.242 e. The molecule has 0 saturated heterocycles. The summed E-state index contributed by atoms with van der Waals surface area (Å²) in [6.45, 7) is 1.66. The van der Waals surface area contributed by atoms with Gasteiger partial charge in [-0.25, -0.2) is 8.78 Å². The predicted molar refractivity (Wildman–Crippen MR) is 87.9 cm³/mol. The molecule has 0 spiro atoms. The Morgan fingerprint density at radius 1 is 1.48 bits per heavy atom. The average Bonchev–Trinajstić information content (AvgIpc) is 2.80. The van der Waals surface area contributed by atoms with Crippen molar-refractivity contribution >= 4 is 17.5 Å². The number of amides is 1. The standard InChI is InChI=1S/C17H18ClF2N3O2/c1-9-14(18)7-23(22-9)8-16(25)21-17(10-4-12(24)5-10)13-3-2-11(19)6-15(13)20/h2-3,6-7,10,12,17,24H,4-5,8H2,1H3,(H,21,25)/t10?,12?,17-/m0/s1. The molecule has 2 aromatic rings. The highest BCUT2D eigenvalue weighted by Gasteiger charge is 2.36. The second-order valence-electron chi connectivity index (χ2n) is 6.36. The van der Waals surface area contributed by atoms with E-state index in [1.165, 1.54) is 16.9 Å². The van der Waals surface area contributed by atoms with E-state index in [1.807, 2.05) is 0 Å². The van der Waals surface area contributed by atoms with Crippen molar-refractivity contribution in [2.75, 3.05) is 0 Å². The first-order valence-electron chi connectivity index (χ1n) is 7.95. The second kappa shape index (κ2) is 7.09. The van der Waals surface area contributed by atoms with Crippen LogP contribution in [0.5, 0.6) is 0 Å². The van der Waals surface area contributed by atoms with Crippen LogP contribution in [0.2, 0.25) is 5.02 Å². The molecule has 1 aromatic carbocycles. The van der Waals surface area contributed by atoms with Crippen LogP contribution in [0, 0.1) is 24.5 Å². The number of carbonyl (C=O) groups excluding carboxylic acids is 1. The number of aromatic nitrogens is 2. The second-order valence-corrected chi connectivity index (χ2v) is 6.76. The third-order valence-corrected chi connectivity index (χ3v) is 4.80. The van der Waals surface area contributed by atoms with E-state index in [4.69, 9.17) is 11.6 Å². The Labute approximate surface area is 148 Å². The molecule has 1 fully saturated rings. The topological polar surface area (TPSA) is 67.2 Å². The van der Waals surface area contributed by atoms with Crippen LogP contribution in [0.1, 0.15) is 30.1 Å². The maximum absolute atomic E-state index is 14.2. The number of nitrogens with one attached hydrogen (secondary N) is 1. The van der Waals surface area contributed by atoms with Crippen LogP contribution in [0.25, 0.3) is 0 Å². The number of rotatable bonds is 5. The highest BCUT2D eigenvalue weighted by atomic mass is 35.5. The van der Waals surface area contributed by atoms with Crippen LogP contribution in [0.4, 0.5) is 8.78 Å². The van der Waals surface area contributed by atoms with Gasteiger partial charge in [0.2, 0.25) is 5.91 Å². The van der Waals surface area contributed by atoms with Crippen LogP contribution < -0.4 is 5.32 Å². The minimum absolute atomic E-state index is 0.0673. The number of hydrogen-bond acceptors (Lipinski definition) is 3. The Morgan fingerprint density at radius 3 is 2.76 bits per heavy atom. The van der Waals surface area contributed by atoms with Gasteiger partial charge in [0.15, 0.2) is 0 Å². The Morgan fingerprint density at radius 2 is 2.20 bits per heavy atom. The van der Waals surface area contributed by atoms with Crippen molar-refractivity contribution < 1.29 is 18.7 Å². The Hall–Kier alpha value is -1.99. The molecule has 3 rings (SSSR count). The van der Waals surface area contributed by atoms with E-state index in [0.29, 0.717) is 23.6 Å². The lowest BCUT2D eigenvalue weighted by Gasteiger charge is -2.38. The number of hydrogen-bond donors (Lipinski definition) is 2. The van der Waals surface area contributed by atoms with E-state index in [-0.39, 0.29) is 23.9 Å². The van der Waals surface area contributed by atoms with Gasteiger partial charge in [-0.1, -0.05) is 17.7 Å². The van der Waals surface area contributed by atoms with Crippen LogP contribution >= 0.6 is 11.6 Å². The first kappa shape index (κ1) is 17.8. The van der Waals surface area contributed by atoms with Gasteiger partial charge in [-0.05, 0) is 31.7 Å². The van der Waals surface area contributed by atoms with Gasteiger partial charge in [-0.2, -0.15) is 5.10 Å². The molecule has 1 aliphatic rings. The third kappa shape index (κ3) is 3.99. The summed E-state index contributed by atoms with van der Waals surface area (Å²) in [5, 5.41) is 16.9. The van der Waals surface area contributed by atoms with Gasteiger partial charge in [-0.15, -0.1) is 0 Å². The van der Waals surface area contributed by atoms with Gasteiger partial charge in [0.25, 0.3) is 0 Å². The van der Waals surface area contributed by atoms with Crippen LogP contribution in [-0.4, -0.2) is 26.9 Å². The highest BCUT2D eigenvalue weighted by Crippen LogP contribution is 2.39. The molecule has 1 aromatic heterocycles. The maximum atomic E-state index is 14.2. The zero-order valence-electron chi connectivity index (χ0n) is 13.5. The molecule has 5 nitrogen and oxygen atoms in total. The van der Waals surface area contributed by atoms with Gasteiger partial charge in [0, 0.05) is 17.8 Å². The minimum atomic E-state index is -0.718. The summed E-state index contributed by atoms with van der Waals surface area (Å²) >= 11 is 5.92. The van der Waals surface area contributed by atoms with Gasteiger partial charge >= 0.3 is 0 Å². The van der Waals surface area contributed by atoms with Gasteiger partial charge in [0.05, 0.1) is 22.9 Å². The molecule has 0 radical (unpaired) electrons. The summed E-state index contributed by atoms with van der Waals surface area (Å²) in [5.74, 6) is -1.87. The molecule has 2 N–H and O–H groups in total. The minimum Gasteiger partial charge on any atom is -0.393 e. The van der Waals surface area contributed by atoms with Crippen molar-refractivity contribution in [3.63, 3.8) is 0 Å². The fourth-order valence-corrected chi connectivity index (χ4v) is 3.20. The molecule has 0 unspecified atom stereocenters. The summed E-state index contributed by atoms with van der Waals surface area (Å²) in [7, 11) is 0. The maximum Gasteiger partial charge on any atom is 0.242 e. The van der Waals surface area contributed by atoms with Gasteiger partial charge in [0.1, 0.15) is 18.2 Å². The molecule has 0 aliphatic heterocycles. The number of halogens is 3. The number of aryl methyl sites for hydroxylation is 1. The molecule has 1 aliphatic carbocycles. The lowest BCUT2D eigenvalue weighted by molar-refractivity contribution is -0.123. The van der Waals surface area contributed by atoms with E-state index in [9.17, 15) is 18.7 Å². The fourth-order valence-electron chi connectivity index (χ4n) is 3.05. The summed E-state index contributed by atoms with van der Waals surface area (Å²) in [4.78, 5) is 12.3. The molecule has 1 saturated carbocycles. The normalized spacial score (nSPS) is 20.8. The molecular formula is C17H18ClF2N3O2. The monoisotopic (exact) mass is 369 g/mol. The first-order valence-corrected chi connectivity index (χ1v) is 8.33. The molecule has 134 valence electrons. The Balaban J connectivity index is 1.76. The summed E-state index contributed by atoms with van der Waals surface area (Å²) in [6, 6.07) is 2.64. The average molecular weight is 370 g/mol. The van der Waals surface area contributed by atoms with Crippen molar-refractivity contribution in [1.29, 1.82) is 0 Å². The van der Waals surface area contributed by atoms with Crippen molar-refractivity contribution in [3.8, 4) is 0 Å². The Bertz CT molecular complexity index is 771. The number of nitrogens with zero attached hydrogens (tertiary/aromatic N) is 2. The SMILES string of the molecule is Cc1nn(CC(=O)N[C@H](c2ccc(F)cc2F)C2CC(O)C2)cc1Cl. The Kier molecular flexibility index (Phi) is 5.06. The largest absolute Gasteiger partial charge is 0.393 e. The number of aliphatic hydroxyl groups is 1. The number of carbonyl (C=O) groups is 1. The van der Waals surface area contributed by atoms with Gasteiger partial charge in [-0.3, -0.25) is 9.48 Å². The zero-order valence-corrected chi connectivity index (χ0v) is 14.3. The van der Waals surface area contributed by atoms with Crippen LogP contribution in [-0.2, 0) is 11.3 Å². The number of benzene rings is 1. The third-order valence-electron chi connectivity index (χ3n) is 4.43. The molecule has 8 heteroatoms. The van der Waals surface area contributed by atoms with E-state index >= 15 is 0 Å². The van der Waals surface area contributed by atoms with Crippen LogP contribution in [0.3, 0.4) is 0 Å². The van der Waals surface area contributed by atoms with Gasteiger partial charge < -0.3 is 10.4 Å². The lowest BCUT2D eigenvalue weighted by Crippen LogP contribution is -2.42. The van der Waals surface area contributed by atoms with E-state index < -0.39 is 23.8 Å². The summed E-state index contributed by atoms with van der Waals surface area (Å²) < 4.78 is 28.7. The zero-order chi connectivity index (χ0) is 18.1. The number of aliphatic hydroxyl groups excluding tert-OH is 1. The molecule has 1 atom stereocenters. The fraction of sp³-hybridized carbons (Fsp3) is 0.412. The van der Waals surface area contributed by atoms with Crippen molar-refractivity contribution in [2.45, 2.75) is 38.5 Å². The van der Waals surface area contributed by atoms with Crippen molar-refractivity contribution in [3.05, 3.63) is 52.3 Å². The van der Waals surface area contributed by atoms with Crippen LogP contribution in [0.15, 0.2) is 24.4 Å². The first-order chi connectivity index (χ1) is 11.8. The predicted octanol–water partition coefficient (Wildman–Crippen LogP) is 2.75.